The molecule has 0 unspecified atom stereocenters. The molecule has 2 aromatic carbocycles. The van der Waals surface area contributed by atoms with Crippen LogP contribution < -0.4 is 10.5 Å². The first-order chi connectivity index (χ1) is 8.69. The van der Waals surface area contributed by atoms with Gasteiger partial charge in [0.2, 0.25) is 0 Å². The Morgan fingerprint density at radius 1 is 1.06 bits per heavy atom. The van der Waals surface area contributed by atoms with E-state index in [1.54, 1.807) is 12.1 Å². The number of anilines is 1. The molecule has 0 radical (unpaired) electrons. The predicted octanol–water partition coefficient (Wildman–Crippen LogP) is 3.12. The van der Waals surface area contributed by atoms with Gasteiger partial charge in [-0.05, 0) is 41.8 Å². The summed E-state index contributed by atoms with van der Waals surface area (Å²) < 4.78 is 5.66. The lowest BCUT2D eigenvalue weighted by molar-refractivity contribution is 0.307. The molecule has 0 heterocycles. The van der Waals surface area contributed by atoms with Crippen molar-refractivity contribution in [1.29, 1.82) is 0 Å². The molecule has 2 rings (SSSR count). The summed E-state index contributed by atoms with van der Waals surface area (Å²) in [7, 11) is 0. The van der Waals surface area contributed by atoms with Crippen molar-refractivity contribution < 1.29 is 9.84 Å². The van der Waals surface area contributed by atoms with E-state index < -0.39 is 0 Å². The van der Waals surface area contributed by atoms with Gasteiger partial charge in [-0.2, -0.15) is 0 Å². The highest BCUT2D eigenvalue weighted by Crippen LogP contribution is 2.24. The van der Waals surface area contributed by atoms with Crippen LogP contribution in [0.4, 0.5) is 5.69 Å². The number of nitrogens with two attached hydrogens (primary N) is 1. The van der Waals surface area contributed by atoms with Gasteiger partial charge in [0, 0.05) is 0 Å². The topological polar surface area (TPSA) is 55.5 Å². The lowest BCUT2D eigenvalue weighted by Crippen LogP contribution is -1.99. The second kappa shape index (κ2) is 5.45. The fourth-order valence-electron chi connectivity index (χ4n) is 1.70. The van der Waals surface area contributed by atoms with E-state index in [9.17, 15) is 5.11 Å². The van der Waals surface area contributed by atoms with Crippen LogP contribution in [0.25, 0.3) is 0 Å². The number of aromatic hydroxyl groups is 1. The zero-order chi connectivity index (χ0) is 13.0. The Balaban J connectivity index is 2.04. The Morgan fingerprint density at radius 2 is 1.72 bits per heavy atom. The third-order valence-electron chi connectivity index (χ3n) is 2.81. The van der Waals surface area contributed by atoms with E-state index in [4.69, 9.17) is 10.5 Å². The Hall–Kier alpha value is -2.16. The molecule has 3 heteroatoms. The average molecular weight is 243 g/mol. The third kappa shape index (κ3) is 2.94. The summed E-state index contributed by atoms with van der Waals surface area (Å²) in [6.45, 7) is 2.53. The summed E-state index contributed by atoms with van der Waals surface area (Å²) in [6.07, 6.45) is 0.961. The molecule has 0 saturated carbocycles. The zero-order valence-corrected chi connectivity index (χ0v) is 10.4. The van der Waals surface area contributed by atoms with Gasteiger partial charge in [0.1, 0.15) is 18.1 Å². The summed E-state index contributed by atoms with van der Waals surface area (Å²) in [5.74, 6) is 0.950. The Kier molecular flexibility index (Phi) is 3.72. The summed E-state index contributed by atoms with van der Waals surface area (Å²) in [5, 5.41) is 9.18. The number of hydrogen-bond acceptors (Lipinski definition) is 3. The van der Waals surface area contributed by atoms with E-state index in [1.807, 2.05) is 30.3 Å². The molecule has 0 bridgehead atoms. The molecule has 2 aromatic rings. The second-order valence-corrected chi connectivity index (χ2v) is 4.18. The average Bonchev–Trinajstić information content (AvgIpc) is 2.39. The lowest BCUT2D eigenvalue weighted by atomic mass is 10.1. The lowest BCUT2D eigenvalue weighted by Gasteiger charge is -2.10. The van der Waals surface area contributed by atoms with Gasteiger partial charge in [-0.25, -0.2) is 0 Å². The standard InChI is InChI=1S/C15H17NO2/c1-2-11-5-8-15(14(16)9-11)18-10-12-3-6-13(17)7-4-12/h3-9,17H,2,10,16H2,1H3. The molecule has 0 fully saturated rings. The van der Waals surface area contributed by atoms with Crippen molar-refractivity contribution in [3.63, 3.8) is 0 Å². The van der Waals surface area contributed by atoms with Crippen LogP contribution in [0.5, 0.6) is 11.5 Å². The Bertz CT molecular complexity index is 521. The van der Waals surface area contributed by atoms with Gasteiger partial charge in [0.15, 0.2) is 0 Å². The first-order valence-electron chi connectivity index (χ1n) is 5.98. The number of nitrogen functional groups attached to an aromatic ring is 1. The normalized spacial score (nSPS) is 10.3. The van der Waals surface area contributed by atoms with E-state index in [1.165, 1.54) is 5.56 Å². The molecule has 0 aliphatic carbocycles. The van der Waals surface area contributed by atoms with Gasteiger partial charge in [0.25, 0.3) is 0 Å². The van der Waals surface area contributed by atoms with E-state index >= 15 is 0 Å². The van der Waals surface area contributed by atoms with Crippen molar-refractivity contribution in [3.8, 4) is 11.5 Å². The smallest absolute Gasteiger partial charge is 0.142 e. The second-order valence-electron chi connectivity index (χ2n) is 4.18. The van der Waals surface area contributed by atoms with Crippen LogP contribution >= 0.6 is 0 Å². The maximum atomic E-state index is 9.18. The Labute approximate surface area is 107 Å². The summed E-state index contributed by atoms with van der Waals surface area (Å²) in [6, 6.07) is 12.8. The predicted molar refractivity (Wildman–Crippen MR) is 72.7 cm³/mol. The van der Waals surface area contributed by atoms with E-state index in [-0.39, 0.29) is 5.75 Å². The molecule has 0 aliphatic heterocycles. The third-order valence-corrected chi connectivity index (χ3v) is 2.81. The molecule has 0 amide bonds. The first-order valence-corrected chi connectivity index (χ1v) is 5.98. The van der Waals surface area contributed by atoms with Gasteiger partial charge in [-0.3, -0.25) is 0 Å². The highest BCUT2D eigenvalue weighted by Gasteiger charge is 2.02. The Morgan fingerprint density at radius 3 is 2.33 bits per heavy atom. The van der Waals surface area contributed by atoms with Crippen LogP contribution in [0.2, 0.25) is 0 Å². The minimum absolute atomic E-state index is 0.255. The van der Waals surface area contributed by atoms with Crippen molar-refractivity contribution in [2.45, 2.75) is 20.0 Å². The van der Waals surface area contributed by atoms with Crippen LogP contribution in [-0.2, 0) is 13.0 Å². The van der Waals surface area contributed by atoms with Crippen LogP contribution in [-0.4, -0.2) is 5.11 Å². The number of hydrogen-bond donors (Lipinski definition) is 2. The molecule has 0 saturated heterocycles. The maximum Gasteiger partial charge on any atom is 0.142 e. The van der Waals surface area contributed by atoms with Crippen LogP contribution in [0, 0.1) is 0 Å². The molecule has 0 spiro atoms. The van der Waals surface area contributed by atoms with Crippen LogP contribution in [0.15, 0.2) is 42.5 Å². The molecule has 0 atom stereocenters. The minimum Gasteiger partial charge on any atom is -0.508 e. The van der Waals surface area contributed by atoms with E-state index in [0.29, 0.717) is 18.0 Å². The quantitative estimate of drug-likeness (QED) is 0.811. The number of aryl methyl sites for hydroxylation is 1. The largest absolute Gasteiger partial charge is 0.508 e. The highest BCUT2D eigenvalue weighted by atomic mass is 16.5. The number of benzene rings is 2. The van der Waals surface area contributed by atoms with Gasteiger partial charge in [-0.1, -0.05) is 25.1 Å². The molecule has 3 nitrogen and oxygen atoms in total. The molecule has 94 valence electrons. The van der Waals surface area contributed by atoms with Crippen molar-refractivity contribution in [2.75, 3.05) is 5.73 Å². The summed E-state index contributed by atoms with van der Waals surface area (Å²) in [4.78, 5) is 0. The molecule has 0 aromatic heterocycles. The van der Waals surface area contributed by atoms with Crippen molar-refractivity contribution in [2.24, 2.45) is 0 Å². The van der Waals surface area contributed by atoms with Gasteiger partial charge < -0.3 is 15.6 Å². The van der Waals surface area contributed by atoms with Crippen molar-refractivity contribution in [3.05, 3.63) is 53.6 Å². The highest BCUT2D eigenvalue weighted by molar-refractivity contribution is 5.54. The first kappa shape index (κ1) is 12.3. The zero-order valence-electron chi connectivity index (χ0n) is 10.4. The van der Waals surface area contributed by atoms with E-state index in [2.05, 4.69) is 6.92 Å². The fraction of sp³-hybridized carbons (Fsp3) is 0.200. The number of ether oxygens (including phenoxy) is 1. The summed E-state index contributed by atoms with van der Waals surface area (Å²) in [5.41, 5.74) is 8.77. The van der Waals surface area contributed by atoms with Gasteiger partial charge in [-0.15, -0.1) is 0 Å². The fourth-order valence-corrected chi connectivity index (χ4v) is 1.70. The number of phenolic OH excluding ortho intramolecular Hbond substituents is 1. The molecular formula is C15H17NO2. The van der Waals surface area contributed by atoms with Crippen molar-refractivity contribution in [1.82, 2.24) is 0 Å². The van der Waals surface area contributed by atoms with E-state index in [0.717, 1.165) is 12.0 Å². The van der Waals surface area contributed by atoms with Crippen molar-refractivity contribution >= 4 is 5.69 Å². The minimum atomic E-state index is 0.255. The van der Waals surface area contributed by atoms with Crippen LogP contribution in [0.1, 0.15) is 18.1 Å². The monoisotopic (exact) mass is 243 g/mol. The van der Waals surface area contributed by atoms with Crippen LogP contribution in [0.3, 0.4) is 0 Å². The number of phenols is 1. The van der Waals surface area contributed by atoms with Gasteiger partial charge >= 0.3 is 0 Å². The molecule has 18 heavy (non-hydrogen) atoms. The molecule has 3 N–H and O–H groups in total. The maximum absolute atomic E-state index is 9.18. The number of rotatable bonds is 4. The molecule has 0 aliphatic rings. The summed E-state index contributed by atoms with van der Waals surface area (Å²) >= 11 is 0. The molecular weight excluding hydrogens is 226 g/mol. The SMILES string of the molecule is CCc1ccc(OCc2ccc(O)cc2)c(N)c1. The van der Waals surface area contributed by atoms with Gasteiger partial charge in [0.05, 0.1) is 5.69 Å².